The monoisotopic (exact) mass is 536 g/mol. The van der Waals surface area contributed by atoms with Gasteiger partial charge in [-0.05, 0) is 31.4 Å². The van der Waals surface area contributed by atoms with Crippen molar-refractivity contribution in [2.75, 3.05) is 46.5 Å². The molecule has 1 spiro atoms. The van der Waals surface area contributed by atoms with Crippen molar-refractivity contribution in [3.63, 3.8) is 0 Å². The second kappa shape index (κ2) is 10.6. The van der Waals surface area contributed by atoms with Crippen molar-refractivity contribution in [2.45, 2.75) is 43.8 Å². The topological polar surface area (TPSA) is 94.1 Å². The molecule has 0 aliphatic carbocycles. The van der Waals surface area contributed by atoms with E-state index in [4.69, 9.17) is 19.2 Å². The molecule has 1 aromatic carbocycles. The van der Waals surface area contributed by atoms with Crippen LogP contribution in [-0.4, -0.2) is 83.9 Å². The molecule has 3 aliphatic rings. The average Bonchev–Trinajstić information content (AvgIpc) is 3.47. The molecule has 10 heteroatoms. The van der Waals surface area contributed by atoms with E-state index in [0.717, 1.165) is 48.4 Å². The van der Waals surface area contributed by atoms with Crippen molar-refractivity contribution in [3.05, 3.63) is 52.1 Å². The number of piperidine rings is 2. The van der Waals surface area contributed by atoms with Crippen LogP contribution in [-0.2, 0) is 9.47 Å². The lowest BCUT2D eigenvalue weighted by Crippen LogP contribution is -2.51. The molecule has 3 fully saturated rings. The average molecular weight is 537 g/mol. The number of nitrogens with zero attached hydrogens (tertiary/aromatic N) is 4. The molecule has 5 heterocycles. The highest BCUT2D eigenvalue weighted by molar-refractivity contribution is 7.09. The number of ether oxygens (including phenoxy) is 3. The lowest BCUT2D eigenvalue weighted by atomic mass is 9.97. The van der Waals surface area contributed by atoms with Gasteiger partial charge in [0, 0.05) is 61.8 Å². The molecule has 9 nitrogen and oxygen atoms in total. The largest absolute Gasteiger partial charge is 0.496 e. The fourth-order valence-electron chi connectivity index (χ4n) is 5.60. The highest BCUT2D eigenvalue weighted by atomic mass is 32.1. The Morgan fingerprint density at radius 2 is 1.66 bits per heavy atom. The fraction of sp³-hybridized carbons (Fsp3) is 0.500. The molecule has 0 atom stereocenters. The zero-order valence-corrected chi connectivity index (χ0v) is 22.4. The molecule has 3 aromatic rings. The van der Waals surface area contributed by atoms with Gasteiger partial charge in [0.25, 0.3) is 11.8 Å². The van der Waals surface area contributed by atoms with E-state index in [1.54, 1.807) is 24.5 Å². The van der Waals surface area contributed by atoms with Crippen LogP contribution in [0.1, 0.15) is 64.0 Å². The molecule has 0 radical (unpaired) electrons. The SMILES string of the molecule is COc1cc(C(=O)N2CCC(c3nc(C(=O)N4CCC5(CC4)OCCCO5)cs3)CC2)nc2ccccc12. The number of fused-ring (bicyclic) bond motifs is 1. The summed E-state index contributed by atoms with van der Waals surface area (Å²) in [4.78, 5) is 39.4. The second-order valence-corrected chi connectivity index (χ2v) is 11.0. The number of pyridine rings is 1. The highest BCUT2D eigenvalue weighted by Gasteiger charge is 2.40. The van der Waals surface area contributed by atoms with Crippen molar-refractivity contribution in [3.8, 4) is 5.75 Å². The van der Waals surface area contributed by atoms with E-state index in [0.29, 0.717) is 56.2 Å². The lowest BCUT2D eigenvalue weighted by molar-refractivity contribution is -0.281. The third-order valence-corrected chi connectivity index (χ3v) is 8.83. The van der Waals surface area contributed by atoms with E-state index in [2.05, 4.69) is 4.98 Å². The van der Waals surface area contributed by atoms with Gasteiger partial charge in [0.05, 0.1) is 30.8 Å². The first-order chi connectivity index (χ1) is 18.5. The lowest BCUT2D eigenvalue weighted by Gasteiger charge is -2.43. The molecular weight excluding hydrogens is 504 g/mol. The third-order valence-electron chi connectivity index (χ3n) is 7.82. The number of thiazole rings is 1. The van der Waals surface area contributed by atoms with Crippen LogP contribution in [0.3, 0.4) is 0 Å². The van der Waals surface area contributed by atoms with Crippen molar-refractivity contribution in [2.24, 2.45) is 0 Å². The maximum absolute atomic E-state index is 13.3. The first kappa shape index (κ1) is 25.2. The number of aromatic nitrogens is 2. The van der Waals surface area contributed by atoms with Crippen LogP contribution >= 0.6 is 11.3 Å². The second-order valence-electron chi connectivity index (χ2n) is 10.1. The van der Waals surface area contributed by atoms with E-state index in [1.807, 2.05) is 39.4 Å². The van der Waals surface area contributed by atoms with Crippen molar-refractivity contribution in [1.29, 1.82) is 0 Å². The zero-order valence-electron chi connectivity index (χ0n) is 21.6. The predicted molar refractivity (Wildman–Crippen MR) is 143 cm³/mol. The Hall–Kier alpha value is -3.08. The van der Waals surface area contributed by atoms with E-state index in [-0.39, 0.29) is 17.7 Å². The van der Waals surface area contributed by atoms with Crippen LogP contribution in [0.25, 0.3) is 10.9 Å². The van der Waals surface area contributed by atoms with Gasteiger partial charge in [0.2, 0.25) is 0 Å². The first-order valence-corrected chi connectivity index (χ1v) is 14.2. The van der Waals surface area contributed by atoms with Crippen LogP contribution in [0.5, 0.6) is 5.75 Å². The van der Waals surface area contributed by atoms with Gasteiger partial charge in [-0.1, -0.05) is 12.1 Å². The van der Waals surface area contributed by atoms with Crippen LogP contribution in [0, 0.1) is 0 Å². The third kappa shape index (κ3) is 4.88. The van der Waals surface area contributed by atoms with Crippen molar-refractivity contribution < 1.29 is 23.8 Å². The number of carbonyl (C=O) groups excluding carboxylic acids is 2. The molecule has 0 unspecified atom stereocenters. The Bertz CT molecular complexity index is 1320. The Balaban J connectivity index is 1.06. The molecule has 3 saturated heterocycles. The number of likely N-dealkylation sites (tertiary alicyclic amines) is 2. The number of methoxy groups -OCH3 is 1. The number of amides is 2. The summed E-state index contributed by atoms with van der Waals surface area (Å²) in [6.45, 7) is 3.91. The molecule has 200 valence electrons. The summed E-state index contributed by atoms with van der Waals surface area (Å²) in [5.41, 5.74) is 1.65. The summed E-state index contributed by atoms with van der Waals surface area (Å²) >= 11 is 1.54. The molecule has 0 N–H and O–H groups in total. The molecular formula is C28H32N4O5S. The normalized spacial score (nSPS) is 20.1. The molecule has 6 rings (SSSR count). The number of rotatable bonds is 4. The zero-order chi connectivity index (χ0) is 26.1. The Kier molecular flexibility index (Phi) is 7.03. The summed E-state index contributed by atoms with van der Waals surface area (Å²) in [6, 6.07) is 9.39. The molecule has 0 bridgehead atoms. The van der Waals surface area contributed by atoms with E-state index in [9.17, 15) is 9.59 Å². The van der Waals surface area contributed by atoms with Gasteiger partial charge in [0.15, 0.2) is 5.79 Å². The van der Waals surface area contributed by atoms with E-state index >= 15 is 0 Å². The maximum atomic E-state index is 13.3. The summed E-state index contributed by atoms with van der Waals surface area (Å²) in [7, 11) is 1.61. The van der Waals surface area contributed by atoms with Gasteiger partial charge in [-0.3, -0.25) is 9.59 Å². The predicted octanol–water partition coefficient (Wildman–Crippen LogP) is 4.09. The Morgan fingerprint density at radius 3 is 2.39 bits per heavy atom. The van der Waals surface area contributed by atoms with Crippen LogP contribution in [0.15, 0.2) is 35.7 Å². The van der Waals surface area contributed by atoms with Gasteiger partial charge >= 0.3 is 0 Å². The van der Waals surface area contributed by atoms with E-state index in [1.165, 1.54) is 0 Å². The smallest absolute Gasteiger partial charge is 0.273 e. The van der Waals surface area contributed by atoms with Crippen molar-refractivity contribution in [1.82, 2.24) is 19.8 Å². The summed E-state index contributed by atoms with van der Waals surface area (Å²) < 4.78 is 17.3. The van der Waals surface area contributed by atoms with Gasteiger partial charge in [0.1, 0.15) is 17.1 Å². The quantitative estimate of drug-likeness (QED) is 0.496. The number of para-hydroxylation sites is 1. The van der Waals surface area contributed by atoms with Crippen LogP contribution < -0.4 is 4.74 Å². The number of hydrogen-bond acceptors (Lipinski definition) is 8. The van der Waals surface area contributed by atoms with Gasteiger partial charge < -0.3 is 24.0 Å². The number of benzene rings is 1. The highest BCUT2D eigenvalue weighted by Crippen LogP contribution is 2.34. The summed E-state index contributed by atoms with van der Waals surface area (Å²) in [5.74, 6) is 0.259. The van der Waals surface area contributed by atoms with Gasteiger partial charge in [-0.25, -0.2) is 9.97 Å². The minimum Gasteiger partial charge on any atom is -0.496 e. The molecule has 2 aromatic heterocycles. The minimum atomic E-state index is -0.513. The van der Waals surface area contributed by atoms with Gasteiger partial charge in [-0.2, -0.15) is 0 Å². The summed E-state index contributed by atoms with van der Waals surface area (Å²) in [5, 5.41) is 3.73. The minimum absolute atomic E-state index is 0.0258. The summed E-state index contributed by atoms with van der Waals surface area (Å²) in [6.07, 6.45) is 3.92. The molecule has 2 amide bonds. The van der Waals surface area contributed by atoms with Gasteiger partial charge in [-0.15, -0.1) is 11.3 Å². The van der Waals surface area contributed by atoms with Crippen LogP contribution in [0.2, 0.25) is 0 Å². The fourth-order valence-corrected chi connectivity index (χ4v) is 6.57. The Labute approximate surface area is 225 Å². The standard InChI is InChI=1S/C28H32N4O5S/c1-35-24-17-22(29-21-6-3-2-5-20(21)24)26(33)31-11-7-19(8-12-31)25-30-23(18-38-25)27(34)32-13-9-28(10-14-32)36-15-4-16-37-28/h2-3,5-6,17-19H,4,7-16H2,1H3. The molecule has 38 heavy (non-hydrogen) atoms. The first-order valence-electron chi connectivity index (χ1n) is 13.3. The Morgan fingerprint density at radius 1 is 0.974 bits per heavy atom. The number of hydrogen-bond donors (Lipinski definition) is 0. The van der Waals surface area contributed by atoms with E-state index < -0.39 is 5.79 Å². The van der Waals surface area contributed by atoms with Crippen molar-refractivity contribution >= 4 is 34.1 Å². The van der Waals surface area contributed by atoms with Crippen LogP contribution in [0.4, 0.5) is 0 Å². The number of carbonyl (C=O) groups is 2. The molecule has 0 saturated carbocycles. The maximum Gasteiger partial charge on any atom is 0.273 e. The molecule has 3 aliphatic heterocycles.